The summed E-state index contributed by atoms with van der Waals surface area (Å²) in [5.74, 6) is 0.225. The summed E-state index contributed by atoms with van der Waals surface area (Å²) in [6.07, 6.45) is 2.22. The molecule has 0 radical (unpaired) electrons. The van der Waals surface area contributed by atoms with Crippen molar-refractivity contribution in [2.24, 2.45) is 4.99 Å². The molecule has 3 atom stereocenters. The molecule has 3 aliphatic heterocycles. The van der Waals surface area contributed by atoms with Crippen molar-refractivity contribution in [3.63, 3.8) is 0 Å². The molecule has 9 nitrogen and oxygen atoms in total. The SMILES string of the molecule is CC(=O)N1CCN2C1=NC1C2C(=O)N(CCCC[C@@H](C)N(C)C)C(=O)N1C. The van der Waals surface area contributed by atoms with E-state index in [1.807, 2.05) is 4.90 Å². The molecule has 150 valence electrons. The molecule has 0 saturated carbocycles. The largest absolute Gasteiger partial charge is 0.328 e. The molecule has 0 spiro atoms. The molecule has 0 bridgehead atoms. The second kappa shape index (κ2) is 7.46. The van der Waals surface area contributed by atoms with Crippen molar-refractivity contribution >= 4 is 23.8 Å². The number of guanidine groups is 1. The molecule has 2 fully saturated rings. The molecular weight excluding hydrogens is 348 g/mol. The molecule has 9 heteroatoms. The van der Waals surface area contributed by atoms with Gasteiger partial charge in [-0.25, -0.2) is 9.79 Å². The highest BCUT2D eigenvalue weighted by atomic mass is 16.2. The monoisotopic (exact) mass is 378 g/mol. The third-order valence-corrected chi connectivity index (χ3v) is 5.89. The highest BCUT2D eigenvalue weighted by Gasteiger charge is 2.54. The minimum atomic E-state index is -0.549. The van der Waals surface area contributed by atoms with Crippen molar-refractivity contribution in [2.45, 2.75) is 51.4 Å². The lowest BCUT2D eigenvalue weighted by Crippen LogP contribution is -2.64. The number of hydrogen-bond donors (Lipinski definition) is 0. The summed E-state index contributed by atoms with van der Waals surface area (Å²) in [6, 6.07) is -0.354. The summed E-state index contributed by atoms with van der Waals surface area (Å²) in [5.41, 5.74) is 0. The van der Waals surface area contributed by atoms with Crippen LogP contribution in [0.25, 0.3) is 0 Å². The number of fused-ring (bicyclic) bond motifs is 3. The summed E-state index contributed by atoms with van der Waals surface area (Å²) < 4.78 is 0. The lowest BCUT2D eigenvalue weighted by molar-refractivity contribution is -0.137. The Kier molecular flexibility index (Phi) is 5.41. The number of amides is 4. The van der Waals surface area contributed by atoms with Crippen molar-refractivity contribution < 1.29 is 14.4 Å². The second-order valence-electron chi connectivity index (χ2n) is 7.84. The van der Waals surface area contributed by atoms with Gasteiger partial charge in [0.25, 0.3) is 5.91 Å². The first-order chi connectivity index (χ1) is 12.7. The zero-order valence-corrected chi connectivity index (χ0v) is 16.9. The summed E-state index contributed by atoms with van der Waals surface area (Å²) >= 11 is 0. The highest BCUT2D eigenvalue weighted by Crippen LogP contribution is 2.31. The number of carbonyl (C=O) groups is 3. The molecule has 3 heterocycles. The first-order valence-electron chi connectivity index (χ1n) is 9.61. The average Bonchev–Trinajstić information content (AvgIpc) is 3.17. The molecular formula is C18H30N6O3. The normalized spacial score (nSPS) is 25.9. The van der Waals surface area contributed by atoms with Crippen LogP contribution in [0.4, 0.5) is 4.79 Å². The number of rotatable bonds is 6. The number of imide groups is 1. The Bertz CT molecular complexity index is 663. The van der Waals surface area contributed by atoms with Crippen LogP contribution < -0.4 is 0 Å². The fraction of sp³-hybridized carbons (Fsp3) is 0.778. The molecule has 0 aromatic carbocycles. The maximum Gasteiger partial charge on any atom is 0.328 e. The lowest BCUT2D eigenvalue weighted by atomic mass is 10.1. The lowest BCUT2D eigenvalue weighted by Gasteiger charge is -2.40. The van der Waals surface area contributed by atoms with Gasteiger partial charge in [-0.3, -0.25) is 19.4 Å². The smallest absolute Gasteiger partial charge is 0.325 e. The topological polar surface area (TPSA) is 79.8 Å². The zero-order valence-electron chi connectivity index (χ0n) is 16.9. The molecule has 2 unspecified atom stereocenters. The standard InChI is InChI=1S/C18H30N6O3/c1-12(20(3)4)8-6-7-9-24-16(26)14-15(21(5)18(24)27)19-17-22(13(2)25)10-11-23(14)17/h12,14-15H,6-11H2,1-5H3/t12-,14?,15?/m1/s1. The fourth-order valence-electron chi connectivity index (χ4n) is 3.91. The maximum atomic E-state index is 13.1. The number of unbranched alkanes of at least 4 members (excludes halogenated alkanes) is 1. The van der Waals surface area contributed by atoms with E-state index in [4.69, 9.17) is 0 Å². The van der Waals surface area contributed by atoms with Gasteiger partial charge in [-0.15, -0.1) is 0 Å². The van der Waals surface area contributed by atoms with Gasteiger partial charge in [-0.1, -0.05) is 6.42 Å². The average molecular weight is 378 g/mol. The van der Waals surface area contributed by atoms with Gasteiger partial charge in [0.05, 0.1) is 0 Å². The molecule has 4 amide bonds. The van der Waals surface area contributed by atoms with Gasteiger partial charge in [0, 0.05) is 39.6 Å². The Morgan fingerprint density at radius 3 is 2.59 bits per heavy atom. The van der Waals surface area contributed by atoms with Crippen LogP contribution in [0.3, 0.4) is 0 Å². The molecule has 0 aromatic rings. The van der Waals surface area contributed by atoms with Crippen LogP contribution in [-0.2, 0) is 9.59 Å². The zero-order chi connectivity index (χ0) is 19.9. The van der Waals surface area contributed by atoms with Crippen molar-refractivity contribution in [3.8, 4) is 0 Å². The van der Waals surface area contributed by atoms with Gasteiger partial charge in [0.2, 0.25) is 11.9 Å². The van der Waals surface area contributed by atoms with Crippen LogP contribution in [0.15, 0.2) is 4.99 Å². The molecule has 2 saturated heterocycles. The van der Waals surface area contributed by atoms with Gasteiger partial charge >= 0.3 is 6.03 Å². The third-order valence-electron chi connectivity index (χ3n) is 5.89. The Labute approximate surface area is 160 Å². The molecule has 3 rings (SSSR count). The van der Waals surface area contributed by atoms with Crippen molar-refractivity contribution in [1.82, 2.24) is 24.5 Å². The van der Waals surface area contributed by atoms with Gasteiger partial charge in [-0.2, -0.15) is 0 Å². The van der Waals surface area contributed by atoms with Crippen LogP contribution in [0.2, 0.25) is 0 Å². The fourth-order valence-corrected chi connectivity index (χ4v) is 3.91. The number of hydrogen-bond acceptors (Lipinski definition) is 6. The van der Waals surface area contributed by atoms with Gasteiger partial charge < -0.3 is 14.7 Å². The van der Waals surface area contributed by atoms with E-state index >= 15 is 0 Å². The van der Waals surface area contributed by atoms with Crippen LogP contribution in [0.1, 0.15) is 33.1 Å². The number of aliphatic imine (C=N–C) groups is 1. The molecule has 0 aliphatic carbocycles. The minimum absolute atomic E-state index is 0.0943. The first-order valence-corrected chi connectivity index (χ1v) is 9.61. The molecule has 0 aromatic heterocycles. The van der Waals surface area contributed by atoms with E-state index in [9.17, 15) is 14.4 Å². The van der Waals surface area contributed by atoms with E-state index in [-0.39, 0.29) is 17.8 Å². The highest BCUT2D eigenvalue weighted by molar-refractivity contribution is 6.06. The Morgan fingerprint density at radius 2 is 1.96 bits per heavy atom. The minimum Gasteiger partial charge on any atom is -0.325 e. The summed E-state index contributed by atoms with van der Waals surface area (Å²) in [5, 5.41) is 0. The molecule has 27 heavy (non-hydrogen) atoms. The predicted octanol–water partition coefficient (Wildman–Crippen LogP) is 0.229. The number of nitrogens with zero attached hydrogens (tertiary/aromatic N) is 6. The van der Waals surface area contributed by atoms with E-state index in [2.05, 4.69) is 30.9 Å². The van der Waals surface area contributed by atoms with Crippen molar-refractivity contribution in [2.75, 3.05) is 40.8 Å². The second-order valence-corrected chi connectivity index (χ2v) is 7.84. The Morgan fingerprint density at radius 1 is 1.26 bits per heavy atom. The van der Waals surface area contributed by atoms with Crippen LogP contribution in [-0.4, -0.2) is 107 Å². The molecule has 3 aliphatic rings. The Hall–Kier alpha value is -2.16. The van der Waals surface area contributed by atoms with E-state index in [0.29, 0.717) is 31.6 Å². The van der Waals surface area contributed by atoms with Crippen LogP contribution in [0, 0.1) is 0 Å². The molecule has 0 N–H and O–H groups in total. The first kappa shape index (κ1) is 19.6. The summed E-state index contributed by atoms with van der Waals surface area (Å²) in [7, 11) is 5.78. The quantitative estimate of drug-likeness (QED) is 0.618. The number of carbonyl (C=O) groups excluding carboxylic acids is 3. The maximum absolute atomic E-state index is 13.1. The van der Waals surface area contributed by atoms with E-state index in [1.54, 1.807) is 11.9 Å². The summed E-state index contributed by atoms with van der Waals surface area (Å²) in [4.78, 5) is 50.6. The summed E-state index contributed by atoms with van der Waals surface area (Å²) in [6.45, 7) is 5.18. The number of likely N-dealkylation sites (N-methyl/N-ethyl adjacent to an activating group) is 1. The number of urea groups is 1. The van der Waals surface area contributed by atoms with E-state index in [1.165, 1.54) is 16.7 Å². The van der Waals surface area contributed by atoms with Crippen molar-refractivity contribution in [1.29, 1.82) is 0 Å². The van der Waals surface area contributed by atoms with Crippen LogP contribution >= 0.6 is 0 Å². The third kappa shape index (κ3) is 3.40. The van der Waals surface area contributed by atoms with Gasteiger partial charge in [0.15, 0.2) is 12.2 Å². The predicted molar refractivity (Wildman–Crippen MR) is 101 cm³/mol. The van der Waals surface area contributed by atoms with Gasteiger partial charge in [-0.05, 0) is 33.9 Å². The van der Waals surface area contributed by atoms with Gasteiger partial charge in [0.1, 0.15) is 0 Å². The van der Waals surface area contributed by atoms with E-state index in [0.717, 1.165) is 19.3 Å². The van der Waals surface area contributed by atoms with Crippen LogP contribution in [0.5, 0.6) is 0 Å². The van der Waals surface area contributed by atoms with E-state index < -0.39 is 12.2 Å². The Balaban J connectivity index is 1.66. The van der Waals surface area contributed by atoms with Crippen molar-refractivity contribution in [3.05, 3.63) is 0 Å².